The summed E-state index contributed by atoms with van der Waals surface area (Å²) in [6.07, 6.45) is 0. The summed E-state index contributed by atoms with van der Waals surface area (Å²) in [5, 5.41) is 5.26. The van der Waals surface area contributed by atoms with E-state index in [1.807, 2.05) is 0 Å². The minimum Gasteiger partial charge on any atom is -0.358 e. The van der Waals surface area contributed by atoms with Crippen LogP contribution < -0.4 is 10.6 Å². The van der Waals surface area contributed by atoms with Crippen LogP contribution in [-0.4, -0.2) is 19.5 Å². The maximum absolute atomic E-state index is 13.6. The van der Waals surface area contributed by atoms with Crippen LogP contribution >= 0.6 is 0 Å². The largest absolute Gasteiger partial charge is 0.358 e. The lowest BCUT2D eigenvalue weighted by Gasteiger charge is -2.15. The van der Waals surface area contributed by atoms with Gasteiger partial charge in [-0.1, -0.05) is 0 Å². The lowest BCUT2D eigenvalue weighted by atomic mass is 10.1. The molecule has 1 aromatic carbocycles. The fourth-order valence-corrected chi connectivity index (χ4v) is 1.44. The van der Waals surface area contributed by atoms with Gasteiger partial charge in [0.2, 0.25) is 5.91 Å². The number of rotatable bonds is 4. The zero-order valence-electron chi connectivity index (χ0n) is 10.1. The third kappa shape index (κ3) is 3.49. The quantitative estimate of drug-likeness (QED) is 0.843. The first-order valence-electron chi connectivity index (χ1n) is 5.35. The maximum Gasteiger partial charge on any atom is 0.233 e. The van der Waals surface area contributed by atoms with Crippen LogP contribution in [0.15, 0.2) is 12.1 Å². The van der Waals surface area contributed by atoms with E-state index in [4.69, 9.17) is 0 Å². The number of carbonyl (C=O) groups excluding carboxylic acids is 1. The highest BCUT2D eigenvalue weighted by atomic mass is 19.1. The van der Waals surface area contributed by atoms with Gasteiger partial charge in [-0.05, 0) is 31.5 Å². The molecule has 0 spiro atoms. The van der Waals surface area contributed by atoms with Crippen LogP contribution in [0.5, 0.6) is 0 Å². The number of hydrogen-bond acceptors (Lipinski definition) is 2. The minimum atomic E-state index is -0.471. The Morgan fingerprint density at radius 1 is 1.35 bits per heavy atom. The standard InChI is InChI=1S/C12H16F2N2O/c1-7-4-11(14)9(5-10(7)13)8(2)16-6-12(17)15-3/h4-5,8,16H,6H2,1-3H3,(H,15,17). The molecule has 0 fully saturated rings. The van der Waals surface area contributed by atoms with Crippen molar-refractivity contribution in [2.24, 2.45) is 0 Å². The van der Waals surface area contributed by atoms with E-state index in [2.05, 4.69) is 10.6 Å². The van der Waals surface area contributed by atoms with Crippen molar-refractivity contribution in [3.05, 3.63) is 34.9 Å². The van der Waals surface area contributed by atoms with Crippen molar-refractivity contribution in [2.75, 3.05) is 13.6 Å². The van der Waals surface area contributed by atoms with Gasteiger partial charge in [0, 0.05) is 18.7 Å². The van der Waals surface area contributed by atoms with Crippen LogP contribution in [0.1, 0.15) is 24.1 Å². The van der Waals surface area contributed by atoms with E-state index in [0.717, 1.165) is 12.1 Å². The van der Waals surface area contributed by atoms with Gasteiger partial charge in [-0.2, -0.15) is 0 Å². The molecule has 0 aliphatic rings. The normalized spacial score (nSPS) is 12.3. The zero-order valence-corrected chi connectivity index (χ0v) is 10.1. The van der Waals surface area contributed by atoms with Gasteiger partial charge in [0.25, 0.3) is 0 Å². The van der Waals surface area contributed by atoms with Crippen molar-refractivity contribution in [3.63, 3.8) is 0 Å². The van der Waals surface area contributed by atoms with Gasteiger partial charge in [-0.25, -0.2) is 8.78 Å². The Morgan fingerprint density at radius 2 is 2.00 bits per heavy atom. The summed E-state index contributed by atoms with van der Waals surface area (Å²) < 4.78 is 26.9. The van der Waals surface area contributed by atoms with E-state index in [1.165, 1.54) is 14.0 Å². The van der Waals surface area contributed by atoms with Crippen LogP contribution in [0, 0.1) is 18.6 Å². The number of hydrogen-bond donors (Lipinski definition) is 2. The molecule has 0 radical (unpaired) electrons. The molecule has 94 valence electrons. The Balaban J connectivity index is 2.78. The summed E-state index contributed by atoms with van der Waals surface area (Å²) in [7, 11) is 1.51. The first kappa shape index (κ1) is 13.6. The summed E-state index contributed by atoms with van der Waals surface area (Å²) in [4.78, 5) is 11.0. The number of carbonyl (C=O) groups is 1. The van der Waals surface area contributed by atoms with Crippen LogP contribution in [0.2, 0.25) is 0 Å². The van der Waals surface area contributed by atoms with Gasteiger partial charge >= 0.3 is 0 Å². The highest BCUT2D eigenvalue weighted by molar-refractivity contribution is 5.77. The molecule has 5 heteroatoms. The molecule has 1 unspecified atom stereocenters. The van der Waals surface area contributed by atoms with Gasteiger partial charge in [0.05, 0.1) is 6.54 Å². The number of benzene rings is 1. The van der Waals surface area contributed by atoms with Crippen molar-refractivity contribution in [1.82, 2.24) is 10.6 Å². The summed E-state index contributed by atoms with van der Waals surface area (Å²) in [5.41, 5.74) is 0.488. The second kappa shape index (κ2) is 5.72. The van der Waals surface area contributed by atoms with Gasteiger partial charge in [-0.15, -0.1) is 0 Å². The molecule has 0 saturated heterocycles. The molecule has 3 nitrogen and oxygen atoms in total. The number of aryl methyl sites for hydroxylation is 1. The van der Waals surface area contributed by atoms with E-state index in [-0.39, 0.29) is 23.6 Å². The molecule has 1 aromatic rings. The second-order valence-electron chi connectivity index (χ2n) is 3.90. The molecule has 1 amide bonds. The monoisotopic (exact) mass is 242 g/mol. The minimum absolute atomic E-state index is 0.0621. The molecular weight excluding hydrogens is 226 g/mol. The van der Waals surface area contributed by atoms with Crippen LogP contribution in [-0.2, 0) is 4.79 Å². The fourth-order valence-electron chi connectivity index (χ4n) is 1.44. The summed E-state index contributed by atoms with van der Waals surface area (Å²) in [6, 6.07) is 1.89. The van der Waals surface area contributed by atoms with E-state index < -0.39 is 17.7 Å². The Bertz CT molecular complexity index is 421. The molecule has 2 N–H and O–H groups in total. The molecule has 0 aliphatic carbocycles. The molecule has 0 aliphatic heterocycles. The Labute approximate surface area is 99.2 Å². The third-order valence-corrected chi connectivity index (χ3v) is 2.59. The van der Waals surface area contributed by atoms with Crippen LogP contribution in [0.4, 0.5) is 8.78 Å². The average Bonchev–Trinajstić information content (AvgIpc) is 2.30. The number of nitrogens with one attached hydrogen (secondary N) is 2. The molecular formula is C12H16F2N2O. The van der Waals surface area contributed by atoms with Gasteiger partial charge in [0.1, 0.15) is 11.6 Å². The molecule has 17 heavy (non-hydrogen) atoms. The lowest BCUT2D eigenvalue weighted by molar-refractivity contribution is -0.119. The molecule has 1 rings (SSSR count). The molecule has 1 atom stereocenters. The van der Waals surface area contributed by atoms with E-state index in [9.17, 15) is 13.6 Å². The SMILES string of the molecule is CNC(=O)CNC(C)c1cc(F)c(C)cc1F. The molecule has 0 heterocycles. The van der Waals surface area contributed by atoms with Crippen molar-refractivity contribution >= 4 is 5.91 Å². The Hall–Kier alpha value is -1.49. The van der Waals surface area contributed by atoms with Gasteiger partial charge in [-0.3, -0.25) is 4.79 Å². The van der Waals surface area contributed by atoms with Gasteiger partial charge in [0.15, 0.2) is 0 Å². The van der Waals surface area contributed by atoms with Crippen LogP contribution in [0.3, 0.4) is 0 Å². The Kier molecular flexibility index (Phi) is 4.57. The van der Waals surface area contributed by atoms with Crippen molar-refractivity contribution < 1.29 is 13.6 Å². The molecule has 0 bridgehead atoms. The van der Waals surface area contributed by atoms with E-state index >= 15 is 0 Å². The highest BCUT2D eigenvalue weighted by Crippen LogP contribution is 2.20. The highest BCUT2D eigenvalue weighted by Gasteiger charge is 2.14. The number of likely N-dealkylation sites (N-methyl/N-ethyl adjacent to an activating group) is 1. The zero-order chi connectivity index (χ0) is 13.0. The second-order valence-corrected chi connectivity index (χ2v) is 3.90. The summed E-state index contributed by atoms with van der Waals surface area (Å²) >= 11 is 0. The summed E-state index contributed by atoms with van der Waals surface area (Å²) in [6.45, 7) is 3.24. The first-order chi connectivity index (χ1) is 7.95. The fraction of sp³-hybridized carbons (Fsp3) is 0.417. The number of amides is 1. The van der Waals surface area contributed by atoms with Gasteiger partial charge < -0.3 is 10.6 Å². The lowest BCUT2D eigenvalue weighted by Crippen LogP contribution is -2.33. The van der Waals surface area contributed by atoms with Crippen molar-refractivity contribution in [2.45, 2.75) is 19.9 Å². The topological polar surface area (TPSA) is 41.1 Å². The Morgan fingerprint density at radius 3 is 2.59 bits per heavy atom. The van der Waals surface area contributed by atoms with Crippen molar-refractivity contribution in [3.8, 4) is 0 Å². The van der Waals surface area contributed by atoms with E-state index in [1.54, 1.807) is 6.92 Å². The number of halogens is 2. The van der Waals surface area contributed by atoms with Crippen molar-refractivity contribution in [1.29, 1.82) is 0 Å². The van der Waals surface area contributed by atoms with E-state index in [0.29, 0.717) is 0 Å². The first-order valence-corrected chi connectivity index (χ1v) is 5.35. The van der Waals surface area contributed by atoms with Crippen LogP contribution in [0.25, 0.3) is 0 Å². The predicted octanol–water partition coefficient (Wildman–Crippen LogP) is 1.67. The average molecular weight is 242 g/mol. The smallest absolute Gasteiger partial charge is 0.233 e. The molecule has 0 aromatic heterocycles. The predicted molar refractivity (Wildman–Crippen MR) is 61.6 cm³/mol. The maximum atomic E-state index is 13.6. The summed E-state index contributed by atoms with van der Waals surface area (Å²) in [5.74, 6) is -1.12. The third-order valence-electron chi connectivity index (χ3n) is 2.59. The molecule has 0 saturated carbocycles.